The number of aromatic nitrogens is 3. The predicted molar refractivity (Wildman–Crippen MR) is 72.9 cm³/mol. The van der Waals surface area contributed by atoms with Crippen molar-refractivity contribution in [3.8, 4) is 0 Å². The Balaban J connectivity index is 2.41. The highest BCUT2D eigenvalue weighted by Crippen LogP contribution is 2.27. The van der Waals surface area contributed by atoms with Crippen LogP contribution in [0.4, 0.5) is 20.9 Å². The van der Waals surface area contributed by atoms with Gasteiger partial charge in [-0.05, 0) is 18.2 Å². The van der Waals surface area contributed by atoms with Crippen molar-refractivity contribution in [1.29, 1.82) is 0 Å². The Bertz CT molecular complexity index is 678. The Morgan fingerprint density at radius 2 is 2.29 bits per heavy atom. The lowest BCUT2D eigenvalue weighted by molar-refractivity contribution is -0.385. The molecular formula is C10H9FN6O3S. The summed E-state index contributed by atoms with van der Waals surface area (Å²) in [5.41, 5.74) is -0.916. The molecule has 0 saturated heterocycles. The molecule has 0 unspecified atom stereocenters. The van der Waals surface area contributed by atoms with Crippen LogP contribution in [0.5, 0.6) is 0 Å². The number of benzene rings is 1. The maximum Gasteiger partial charge on any atom is 0.285 e. The highest BCUT2D eigenvalue weighted by Gasteiger charge is 2.24. The van der Waals surface area contributed by atoms with Crippen LogP contribution in [-0.2, 0) is 0 Å². The van der Waals surface area contributed by atoms with Gasteiger partial charge < -0.3 is 5.32 Å². The van der Waals surface area contributed by atoms with Gasteiger partial charge in [0.25, 0.3) is 11.6 Å². The van der Waals surface area contributed by atoms with E-state index in [1.54, 1.807) is 6.92 Å². The largest absolute Gasteiger partial charge is 0.383 e. The number of nitro groups is 1. The standard InChI is InChI=1S/C10H9FN6O3S/c1-2-12-7-3-5(8(17(19)20)4-6(7)11)9(18)13-10-14-15-16-21-10/h3-4,12H,2H2,1H3,(H,13,14,16,18). The molecule has 0 aliphatic carbocycles. The molecule has 21 heavy (non-hydrogen) atoms. The van der Waals surface area contributed by atoms with Crippen molar-refractivity contribution in [2.45, 2.75) is 6.92 Å². The van der Waals surface area contributed by atoms with E-state index in [1.165, 1.54) is 0 Å². The van der Waals surface area contributed by atoms with Crippen molar-refractivity contribution in [1.82, 2.24) is 14.8 Å². The van der Waals surface area contributed by atoms with Gasteiger partial charge in [0.1, 0.15) is 5.56 Å². The van der Waals surface area contributed by atoms with Gasteiger partial charge >= 0.3 is 0 Å². The topological polar surface area (TPSA) is 123 Å². The van der Waals surface area contributed by atoms with Crippen LogP contribution in [0.2, 0.25) is 0 Å². The van der Waals surface area contributed by atoms with Crippen molar-refractivity contribution in [3.63, 3.8) is 0 Å². The van der Waals surface area contributed by atoms with Crippen LogP contribution in [0.3, 0.4) is 0 Å². The molecule has 2 aromatic rings. The van der Waals surface area contributed by atoms with E-state index in [-0.39, 0.29) is 16.4 Å². The van der Waals surface area contributed by atoms with Crippen LogP contribution in [-0.4, -0.2) is 32.2 Å². The molecule has 11 heteroatoms. The van der Waals surface area contributed by atoms with E-state index in [9.17, 15) is 19.3 Å². The lowest BCUT2D eigenvalue weighted by Crippen LogP contribution is -2.15. The molecule has 2 N–H and O–H groups in total. The molecule has 0 fully saturated rings. The number of nitrogens with zero attached hydrogens (tertiary/aromatic N) is 4. The molecule has 1 aromatic carbocycles. The van der Waals surface area contributed by atoms with Gasteiger partial charge in [-0.2, -0.15) is 0 Å². The number of carbonyl (C=O) groups is 1. The number of halogens is 1. The summed E-state index contributed by atoms with van der Waals surface area (Å²) in [6.07, 6.45) is 0. The van der Waals surface area contributed by atoms with Gasteiger partial charge in [0, 0.05) is 18.1 Å². The Morgan fingerprint density at radius 3 is 2.86 bits per heavy atom. The van der Waals surface area contributed by atoms with Crippen molar-refractivity contribution in [3.05, 3.63) is 33.6 Å². The number of carbonyl (C=O) groups excluding carboxylic acids is 1. The Hall–Kier alpha value is -2.69. The second-order valence-electron chi connectivity index (χ2n) is 3.76. The predicted octanol–water partition coefficient (Wildman–Crippen LogP) is 1.66. The quantitative estimate of drug-likeness (QED) is 0.635. The van der Waals surface area contributed by atoms with Gasteiger partial charge in [0.2, 0.25) is 5.13 Å². The minimum absolute atomic E-state index is 0.00337. The lowest BCUT2D eigenvalue weighted by atomic mass is 10.1. The Kier molecular flexibility index (Phi) is 4.33. The average Bonchev–Trinajstić information content (AvgIpc) is 2.93. The number of nitrogens with one attached hydrogen (secondary N) is 2. The fourth-order valence-electron chi connectivity index (χ4n) is 1.57. The molecule has 1 heterocycles. The monoisotopic (exact) mass is 312 g/mol. The molecule has 0 aliphatic rings. The van der Waals surface area contributed by atoms with Crippen LogP contribution < -0.4 is 10.6 Å². The zero-order valence-electron chi connectivity index (χ0n) is 10.7. The number of amides is 1. The average molecular weight is 312 g/mol. The number of hydrogen-bond acceptors (Lipinski definition) is 8. The van der Waals surface area contributed by atoms with Crippen molar-refractivity contribution in [2.24, 2.45) is 0 Å². The van der Waals surface area contributed by atoms with E-state index in [2.05, 4.69) is 25.4 Å². The van der Waals surface area contributed by atoms with E-state index < -0.39 is 22.3 Å². The Labute approximate surface area is 121 Å². The number of anilines is 2. The lowest BCUT2D eigenvalue weighted by Gasteiger charge is -2.08. The maximum absolute atomic E-state index is 13.7. The normalized spacial score (nSPS) is 10.2. The van der Waals surface area contributed by atoms with Gasteiger partial charge in [-0.15, -0.1) is 0 Å². The van der Waals surface area contributed by atoms with Crippen molar-refractivity contribution < 1.29 is 14.1 Å². The van der Waals surface area contributed by atoms with E-state index in [0.717, 1.165) is 17.6 Å². The van der Waals surface area contributed by atoms with Gasteiger partial charge in [-0.25, -0.2) is 4.39 Å². The second kappa shape index (κ2) is 6.17. The van der Waals surface area contributed by atoms with E-state index >= 15 is 0 Å². The fraction of sp³-hybridized carbons (Fsp3) is 0.200. The minimum Gasteiger partial charge on any atom is -0.383 e. The SMILES string of the molecule is CCNc1cc(C(=O)Nc2nnns2)c([N+](=O)[O-])cc1F. The summed E-state index contributed by atoms with van der Waals surface area (Å²) in [6.45, 7) is 2.13. The molecule has 0 atom stereocenters. The zero-order chi connectivity index (χ0) is 15.4. The van der Waals surface area contributed by atoms with Gasteiger partial charge in [0.05, 0.1) is 16.7 Å². The summed E-state index contributed by atoms with van der Waals surface area (Å²) in [6, 6.07) is 1.78. The zero-order valence-corrected chi connectivity index (χ0v) is 11.5. The summed E-state index contributed by atoms with van der Waals surface area (Å²) in [5, 5.41) is 22.8. The van der Waals surface area contributed by atoms with Gasteiger partial charge in [0.15, 0.2) is 5.82 Å². The summed E-state index contributed by atoms with van der Waals surface area (Å²) >= 11 is 0.814. The highest BCUT2D eigenvalue weighted by molar-refractivity contribution is 7.09. The van der Waals surface area contributed by atoms with E-state index in [1.807, 2.05) is 0 Å². The second-order valence-corrected chi connectivity index (χ2v) is 4.49. The molecule has 1 amide bonds. The van der Waals surface area contributed by atoms with Crippen LogP contribution in [0.25, 0.3) is 0 Å². The third-order valence-electron chi connectivity index (χ3n) is 2.41. The van der Waals surface area contributed by atoms with Crippen molar-refractivity contribution >= 4 is 33.9 Å². The summed E-state index contributed by atoms with van der Waals surface area (Å²) in [5.74, 6) is -1.60. The molecule has 0 radical (unpaired) electrons. The molecule has 9 nitrogen and oxygen atoms in total. The molecule has 1 aromatic heterocycles. The first kappa shape index (κ1) is 14.7. The smallest absolute Gasteiger partial charge is 0.285 e. The minimum atomic E-state index is -0.827. The van der Waals surface area contributed by atoms with Crippen molar-refractivity contribution in [2.75, 3.05) is 17.2 Å². The Morgan fingerprint density at radius 1 is 1.52 bits per heavy atom. The maximum atomic E-state index is 13.7. The molecule has 110 valence electrons. The molecule has 0 spiro atoms. The van der Waals surface area contributed by atoms with Gasteiger partial charge in [-0.3, -0.25) is 20.2 Å². The van der Waals surface area contributed by atoms with Crippen LogP contribution in [0.1, 0.15) is 17.3 Å². The molecule has 0 aliphatic heterocycles. The third-order valence-corrected chi connectivity index (χ3v) is 2.93. The number of nitro benzene ring substituents is 1. The molecule has 2 rings (SSSR count). The first-order chi connectivity index (χ1) is 10.0. The molecule has 0 saturated carbocycles. The van der Waals surface area contributed by atoms with E-state index in [0.29, 0.717) is 12.6 Å². The number of rotatable bonds is 5. The first-order valence-electron chi connectivity index (χ1n) is 5.71. The van der Waals surface area contributed by atoms with Crippen LogP contribution in [0, 0.1) is 15.9 Å². The van der Waals surface area contributed by atoms with Crippen LogP contribution >= 0.6 is 11.5 Å². The fourth-order valence-corrected chi connectivity index (χ4v) is 1.93. The summed E-state index contributed by atoms with van der Waals surface area (Å²) in [4.78, 5) is 22.2. The first-order valence-corrected chi connectivity index (χ1v) is 6.48. The highest BCUT2D eigenvalue weighted by atomic mass is 32.1. The number of hydrogen-bond donors (Lipinski definition) is 2. The summed E-state index contributed by atoms with van der Waals surface area (Å²) in [7, 11) is 0. The van der Waals surface area contributed by atoms with E-state index in [4.69, 9.17) is 0 Å². The molecule has 0 bridgehead atoms. The van der Waals surface area contributed by atoms with Gasteiger partial charge in [-0.1, -0.05) is 9.59 Å². The van der Waals surface area contributed by atoms with Crippen LogP contribution in [0.15, 0.2) is 12.1 Å². The summed E-state index contributed by atoms with van der Waals surface area (Å²) < 4.78 is 17.1. The third kappa shape index (κ3) is 3.25. The molecular weight excluding hydrogens is 303 g/mol.